The Kier molecular flexibility index (Phi) is 10.6. The molecular weight excluding hydrogens is 309 g/mol. The number of halogens is 2. The van der Waals surface area contributed by atoms with Crippen molar-refractivity contribution in [2.45, 2.75) is 58.0 Å². The van der Waals surface area contributed by atoms with Crippen LogP contribution in [0.15, 0.2) is 0 Å². The van der Waals surface area contributed by atoms with Gasteiger partial charge in [0.1, 0.15) is 0 Å². The van der Waals surface area contributed by atoms with Crippen molar-refractivity contribution in [3.05, 3.63) is 0 Å². The first-order chi connectivity index (χ1) is 9.15. The van der Waals surface area contributed by atoms with Crippen molar-refractivity contribution >= 4 is 30.7 Å². The Balaban J connectivity index is 0.00000200. The zero-order valence-electron chi connectivity index (χ0n) is 13.3. The van der Waals surface area contributed by atoms with Crippen molar-refractivity contribution in [1.29, 1.82) is 0 Å². The first kappa shape index (κ1) is 21.0. The molecular formula is C15H31Cl2N3O. The largest absolute Gasteiger partial charge is 0.351 e. The van der Waals surface area contributed by atoms with Crippen molar-refractivity contribution in [3.63, 3.8) is 0 Å². The van der Waals surface area contributed by atoms with Gasteiger partial charge in [-0.2, -0.15) is 0 Å². The van der Waals surface area contributed by atoms with Crippen LogP contribution in [0.25, 0.3) is 0 Å². The van der Waals surface area contributed by atoms with Gasteiger partial charge in [-0.1, -0.05) is 13.3 Å². The molecule has 0 radical (unpaired) electrons. The molecule has 0 bridgehead atoms. The quantitative estimate of drug-likeness (QED) is 0.825. The van der Waals surface area contributed by atoms with Crippen LogP contribution in [-0.4, -0.2) is 49.1 Å². The third kappa shape index (κ3) is 7.18. The predicted molar refractivity (Wildman–Crippen MR) is 92.6 cm³/mol. The SMILES string of the molecule is CC1CCCN(CC(C)NC(=O)[C@H]2CCCCN2)C1.Cl.Cl. The zero-order chi connectivity index (χ0) is 13.7. The van der Waals surface area contributed by atoms with E-state index in [0.717, 1.165) is 25.4 Å². The van der Waals surface area contributed by atoms with Crippen LogP contribution in [0.2, 0.25) is 0 Å². The summed E-state index contributed by atoms with van der Waals surface area (Å²) < 4.78 is 0. The molecule has 0 aliphatic carbocycles. The average molecular weight is 340 g/mol. The molecule has 126 valence electrons. The van der Waals surface area contributed by atoms with E-state index in [2.05, 4.69) is 29.4 Å². The molecule has 0 aromatic carbocycles. The van der Waals surface area contributed by atoms with Gasteiger partial charge in [-0.3, -0.25) is 4.79 Å². The molecule has 2 aliphatic rings. The lowest BCUT2D eigenvalue weighted by molar-refractivity contribution is -0.124. The van der Waals surface area contributed by atoms with E-state index < -0.39 is 0 Å². The summed E-state index contributed by atoms with van der Waals surface area (Å²) in [7, 11) is 0. The number of carbonyl (C=O) groups is 1. The maximum Gasteiger partial charge on any atom is 0.237 e. The molecule has 1 amide bonds. The number of nitrogens with zero attached hydrogens (tertiary/aromatic N) is 1. The van der Waals surface area contributed by atoms with Gasteiger partial charge in [0.25, 0.3) is 0 Å². The molecule has 2 fully saturated rings. The van der Waals surface area contributed by atoms with Gasteiger partial charge in [0.2, 0.25) is 5.91 Å². The van der Waals surface area contributed by atoms with Gasteiger partial charge in [0.15, 0.2) is 0 Å². The Morgan fingerprint density at radius 1 is 1.29 bits per heavy atom. The standard InChI is InChI=1S/C15H29N3O.2ClH/c1-12-6-5-9-18(10-12)11-13(2)17-15(19)14-7-3-4-8-16-14;;/h12-14,16H,3-11H2,1-2H3,(H,17,19);2*1H/t12?,13?,14-;;/m1../s1. The molecule has 2 saturated heterocycles. The molecule has 2 heterocycles. The van der Waals surface area contributed by atoms with Gasteiger partial charge in [-0.25, -0.2) is 0 Å². The molecule has 0 spiro atoms. The highest BCUT2D eigenvalue weighted by atomic mass is 35.5. The number of amides is 1. The van der Waals surface area contributed by atoms with Crippen LogP contribution in [-0.2, 0) is 4.79 Å². The fraction of sp³-hybridized carbons (Fsp3) is 0.933. The summed E-state index contributed by atoms with van der Waals surface area (Å²) in [5, 5.41) is 6.48. The van der Waals surface area contributed by atoms with Crippen molar-refractivity contribution in [2.75, 3.05) is 26.2 Å². The summed E-state index contributed by atoms with van der Waals surface area (Å²) in [5.41, 5.74) is 0. The van der Waals surface area contributed by atoms with Crippen molar-refractivity contribution in [3.8, 4) is 0 Å². The fourth-order valence-electron chi connectivity index (χ4n) is 3.30. The smallest absolute Gasteiger partial charge is 0.237 e. The number of nitrogens with one attached hydrogen (secondary N) is 2. The Morgan fingerprint density at radius 3 is 2.67 bits per heavy atom. The number of likely N-dealkylation sites (tertiary alicyclic amines) is 1. The third-order valence-electron chi connectivity index (χ3n) is 4.29. The molecule has 2 rings (SSSR count). The summed E-state index contributed by atoms with van der Waals surface area (Å²) >= 11 is 0. The number of piperidine rings is 2. The molecule has 6 heteroatoms. The normalized spacial score (nSPS) is 27.9. The minimum Gasteiger partial charge on any atom is -0.351 e. The van der Waals surface area contributed by atoms with Crippen LogP contribution in [0.4, 0.5) is 0 Å². The van der Waals surface area contributed by atoms with Crippen LogP contribution in [0, 0.1) is 5.92 Å². The Labute approximate surface area is 141 Å². The van der Waals surface area contributed by atoms with Gasteiger partial charge < -0.3 is 15.5 Å². The Morgan fingerprint density at radius 2 is 2.05 bits per heavy atom. The minimum atomic E-state index is 0. The van der Waals surface area contributed by atoms with Gasteiger partial charge in [-0.15, -0.1) is 24.8 Å². The third-order valence-corrected chi connectivity index (χ3v) is 4.29. The second-order valence-electron chi connectivity index (χ2n) is 6.42. The van der Waals surface area contributed by atoms with Gasteiger partial charge in [0.05, 0.1) is 6.04 Å². The minimum absolute atomic E-state index is 0. The second-order valence-corrected chi connectivity index (χ2v) is 6.42. The Hall–Kier alpha value is -0.0300. The average Bonchev–Trinajstić information content (AvgIpc) is 2.39. The van der Waals surface area contributed by atoms with E-state index >= 15 is 0 Å². The number of rotatable bonds is 4. The van der Waals surface area contributed by atoms with Crippen LogP contribution < -0.4 is 10.6 Å². The number of hydrogen-bond donors (Lipinski definition) is 2. The van der Waals surface area contributed by atoms with Crippen molar-refractivity contribution < 1.29 is 4.79 Å². The molecule has 21 heavy (non-hydrogen) atoms. The lowest BCUT2D eigenvalue weighted by Gasteiger charge is -2.33. The van der Waals surface area contributed by atoms with Crippen LogP contribution in [0.5, 0.6) is 0 Å². The van der Waals surface area contributed by atoms with Crippen LogP contribution >= 0.6 is 24.8 Å². The molecule has 0 saturated carbocycles. The highest BCUT2D eigenvalue weighted by Gasteiger charge is 2.23. The van der Waals surface area contributed by atoms with Gasteiger partial charge >= 0.3 is 0 Å². The molecule has 2 aliphatic heterocycles. The number of hydrogen-bond acceptors (Lipinski definition) is 3. The maximum atomic E-state index is 12.1. The zero-order valence-corrected chi connectivity index (χ0v) is 14.9. The Bertz CT molecular complexity index is 299. The maximum absolute atomic E-state index is 12.1. The van der Waals surface area contributed by atoms with Crippen LogP contribution in [0.1, 0.15) is 46.0 Å². The van der Waals surface area contributed by atoms with Gasteiger partial charge in [-0.05, 0) is 51.6 Å². The summed E-state index contributed by atoms with van der Waals surface area (Å²) in [5.74, 6) is 0.994. The van der Waals surface area contributed by atoms with E-state index in [1.54, 1.807) is 0 Å². The summed E-state index contributed by atoms with van der Waals surface area (Å²) in [6.07, 6.45) is 6.00. The predicted octanol–water partition coefficient (Wildman–Crippen LogP) is 2.21. The monoisotopic (exact) mass is 339 g/mol. The van der Waals surface area contributed by atoms with E-state index in [9.17, 15) is 4.79 Å². The number of carbonyl (C=O) groups excluding carboxylic acids is 1. The van der Waals surface area contributed by atoms with E-state index in [4.69, 9.17) is 0 Å². The highest BCUT2D eigenvalue weighted by molar-refractivity contribution is 5.85. The van der Waals surface area contributed by atoms with Crippen molar-refractivity contribution in [1.82, 2.24) is 15.5 Å². The molecule has 0 aromatic rings. The molecule has 0 aromatic heterocycles. The summed E-state index contributed by atoms with van der Waals surface area (Å²) in [6.45, 7) is 8.79. The van der Waals surface area contributed by atoms with E-state index in [-0.39, 0.29) is 42.8 Å². The second kappa shape index (κ2) is 10.7. The lowest BCUT2D eigenvalue weighted by atomic mass is 10.00. The first-order valence-corrected chi connectivity index (χ1v) is 7.91. The molecule has 4 nitrogen and oxygen atoms in total. The molecule has 2 N–H and O–H groups in total. The first-order valence-electron chi connectivity index (χ1n) is 7.91. The van der Waals surface area contributed by atoms with E-state index in [1.807, 2.05) is 0 Å². The van der Waals surface area contributed by atoms with Gasteiger partial charge in [0, 0.05) is 19.1 Å². The fourth-order valence-corrected chi connectivity index (χ4v) is 3.30. The summed E-state index contributed by atoms with van der Waals surface area (Å²) in [4.78, 5) is 14.6. The van der Waals surface area contributed by atoms with E-state index in [0.29, 0.717) is 0 Å². The molecule has 3 atom stereocenters. The van der Waals surface area contributed by atoms with Crippen molar-refractivity contribution in [2.24, 2.45) is 5.92 Å². The lowest BCUT2D eigenvalue weighted by Crippen LogP contribution is -2.52. The topological polar surface area (TPSA) is 44.4 Å². The summed E-state index contributed by atoms with van der Waals surface area (Å²) in [6, 6.07) is 0.290. The molecule has 2 unspecified atom stereocenters. The van der Waals surface area contributed by atoms with Crippen LogP contribution in [0.3, 0.4) is 0 Å². The highest BCUT2D eigenvalue weighted by Crippen LogP contribution is 2.15. The van der Waals surface area contributed by atoms with E-state index in [1.165, 1.54) is 38.8 Å².